The van der Waals surface area contributed by atoms with Crippen LogP contribution < -0.4 is 0 Å². The van der Waals surface area contributed by atoms with Gasteiger partial charge in [0.25, 0.3) is 0 Å². The summed E-state index contributed by atoms with van der Waals surface area (Å²) in [5.74, 6) is 0. The minimum absolute atomic E-state index is 0.358. The summed E-state index contributed by atoms with van der Waals surface area (Å²) in [6.07, 6.45) is 4.89. The largest absolute Gasteiger partial charge is 0.362 e. The molecular formula is C25H20N4O. The van der Waals surface area contributed by atoms with E-state index < -0.39 is 0 Å². The zero-order valence-electron chi connectivity index (χ0n) is 16.3. The van der Waals surface area contributed by atoms with E-state index in [1.54, 1.807) is 23.1 Å². The van der Waals surface area contributed by atoms with E-state index in [0.717, 1.165) is 22.4 Å². The third-order valence-corrected chi connectivity index (χ3v) is 4.67. The van der Waals surface area contributed by atoms with Crippen LogP contribution in [0.25, 0.3) is 11.8 Å². The number of nitrogens with zero attached hydrogens (tertiary/aromatic N) is 4. The first kappa shape index (κ1) is 19.3. The van der Waals surface area contributed by atoms with Crippen LogP contribution in [0.5, 0.6) is 0 Å². The highest BCUT2D eigenvalue weighted by Crippen LogP contribution is 2.31. The maximum Gasteiger partial charge on any atom is 0.138 e. The number of ether oxygens (including phenoxy) is 1. The topological polar surface area (TPSA) is 63.7 Å². The first-order valence-electron chi connectivity index (χ1n) is 9.61. The molecule has 4 rings (SSSR count). The zero-order chi connectivity index (χ0) is 20.6. The average molecular weight is 392 g/mol. The molecule has 0 aliphatic carbocycles. The third kappa shape index (κ3) is 4.69. The van der Waals surface area contributed by atoms with Gasteiger partial charge in [0.1, 0.15) is 18.8 Å². The number of hydrogen-bond acceptors (Lipinski definition) is 4. The zero-order valence-corrected chi connectivity index (χ0v) is 16.3. The van der Waals surface area contributed by atoms with Crippen LogP contribution >= 0.6 is 0 Å². The molecule has 5 heteroatoms. The molecule has 4 aromatic rings. The molecule has 1 atom stereocenters. The second kappa shape index (κ2) is 9.46. The fourth-order valence-electron chi connectivity index (χ4n) is 3.16. The van der Waals surface area contributed by atoms with Crippen molar-refractivity contribution in [1.82, 2.24) is 14.8 Å². The van der Waals surface area contributed by atoms with Gasteiger partial charge in [-0.15, -0.1) is 0 Å². The van der Waals surface area contributed by atoms with E-state index in [-0.39, 0.29) is 6.10 Å². The Labute approximate surface area is 175 Å². The maximum absolute atomic E-state index is 9.01. The Kier molecular flexibility index (Phi) is 6.09. The Balaban J connectivity index is 1.71. The number of rotatable bonds is 7. The summed E-state index contributed by atoms with van der Waals surface area (Å²) in [5, 5.41) is 13.4. The summed E-state index contributed by atoms with van der Waals surface area (Å²) >= 11 is 0. The molecule has 0 N–H and O–H groups in total. The van der Waals surface area contributed by atoms with Crippen LogP contribution in [0.4, 0.5) is 0 Å². The minimum atomic E-state index is -0.358. The summed E-state index contributed by atoms with van der Waals surface area (Å²) in [4.78, 5) is 4.12. The molecule has 0 saturated heterocycles. The van der Waals surface area contributed by atoms with Crippen LogP contribution in [0.3, 0.4) is 0 Å². The summed E-state index contributed by atoms with van der Waals surface area (Å²) in [5.41, 5.74) is 4.55. The summed E-state index contributed by atoms with van der Waals surface area (Å²) in [6, 6.07) is 29.7. The van der Waals surface area contributed by atoms with Crippen molar-refractivity contribution < 1.29 is 4.74 Å². The van der Waals surface area contributed by atoms with Gasteiger partial charge in [-0.05, 0) is 34.9 Å². The lowest BCUT2D eigenvalue weighted by Crippen LogP contribution is -2.12. The number of benzene rings is 3. The van der Waals surface area contributed by atoms with E-state index >= 15 is 0 Å². The molecule has 3 aromatic carbocycles. The average Bonchev–Trinajstić information content (AvgIpc) is 3.35. The normalized spacial score (nSPS) is 12.3. The fraction of sp³-hybridized carbons (Fsp3) is 0.0800. The molecule has 0 aliphatic heterocycles. The van der Waals surface area contributed by atoms with Crippen LogP contribution in [-0.2, 0) is 11.3 Å². The Bertz CT molecular complexity index is 1130. The Hall–Kier alpha value is -4.01. The van der Waals surface area contributed by atoms with Gasteiger partial charge in [0.05, 0.1) is 23.9 Å². The lowest BCUT2D eigenvalue weighted by Gasteiger charge is -2.22. The van der Waals surface area contributed by atoms with Gasteiger partial charge in [0.15, 0.2) is 0 Å². The molecule has 1 heterocycles. The first-order chi connectivity index (χ1) is 14.8. The van der Waals surface area contributed by atoms with Crippen molar-refractivity contribution >= 4 is 11.8 Å². The molecule has 0 radical (unpaired) electrons. The Morgan fingerprint density at radius 2 is 1.67 bits per heavy atom. The molecule has 0 saturated carbocycles. The van der Waals surface area contributed by atoms with Gasteiger partial charge < -0.3 is 4.74 Å². The van der Waals surface area contributed by atoms with Gasteiger partial charge in [-0.3, -0.25) is 0 Å². The SMILES string of the molecule is N#Cc1ccc(COC(C(=Cc2ccccc2)n2cncn2)c2ccccc2)cc1. The van der Waals surface area contributed by atoms with Gasteiger partial charge in [-0.2, -0.15) is 10.4 Å². The van der Waals surface area contributed by atoms with Crippen LogP contribution in [0.15, 0.2) is 97.6 Å². The molecule has 146 valence electrons. The van der Waals surface area contributed by atoms with Gasteiger partial charge in [-0.25, -0.2) is 9.67 Å². The molecule has 0 spiro atoms. The third-order valence-electron chi connectivity index (χ3n) is 4.67. The lowest BCUT2D eigenvalue weighted by atomic mass is 10.0. The molecule has 0 fully saturated rings. The van der Waals surface area contributed by atoms with Gasteiger partial charge in [0, 0.05) is 0 Å². The van der Waals surface area contributed by atoms with Crippen LogP contribution in [0, 0.1) is 11.3 Å². The quantitative estimate of drug-likeness (QED) is 0.439. The van der Waals surface area contributed by atoms with Gasteiger partial charge in [0.2, 0.25) is 0 Å². The van der Waals surface area contributed by atoms with Gasteiger partial charge in [-0.1, -0.05) is 72.8 Å². The van der Waals surface area contributed by atoms with E-state index in [4.69, 9.17) is 10.00 Å². The molecule has 30 heavy (non-hydrogen) atoms. The molecule has 0 aliphatic rings. The van der Waals surface area contributed by atoms with E-state index in [2.05, 4.69) is 22.2 Å². The Morgan fingerprint density at radius 1 is 0.967 bits per heavy atom. The van der Waals surface area contributed by atoms with Crippen molar-refractivity contribution in [3.8, 4) is 6.07 Å². The molecule has 1 unspecified atom stereocenters. The summed E-state index contributed by atoms with van der Waals surface area (Å²) in [7, 11) is 0. The van der Waals surface area contributed by atoms with E-state index in [0.29, 0.717) is 12.2 Å². The Morgan fingerprint density at radius 3 is 2.30 bits per heavy atom. The number of hydrogen-bond donors (Lipinski definition) is 0. The molecule has 0 amide bonds. The highest BCUT2D eigenvalue weighted by Gasteiger charge is 2.20. The second-order valence-electron chi connectivity index (χ2n) is 6.73. The standard InChI is InChI=1S/C25H20N4O/c26-16-21-11-13-22(14-12-21)17-30-25(23-9-5-2-6-10-23)24(29-19-27-18-28-29)15-20-7-3-1-4-8-20/h1-15,18-19,25H,17H2. The molecule has 1 aromatic heterocycles. The van der Waals surface area contributed by atoms with Crippen molar-refractivity contribution in [2.24, 2.45) is 0 Å². The van der Waals surface area contributed by atoms with Gasteiger partial charge >= 0.3 is 0 Å². The predicted octanol–water partition coefficient (Wildman–Crippen LogP) is 5.11. The van der Waals surface area contributed by atoms with Crippen LogP contribution in [-0.4, -0.2) is 14.8 Å². The van der Waals surface area contributed by atoms with Crippen molar-refractivity contribution in [2.45, 2.75) is 12.7 Å². The maximum atomic E-state index is 9.01. The van der Waals surface area contributed by atoms with Crippen molar-refractivity contribution in [1.29, 1.82) is 5.26 Å². The predicted molar refractivity (Wildman–Crippen MR) is 116 cm³/mol. The smallest absolute Gasteiger partial charge is 0.138 e. The molecular weight excluding hydrogens is 372 g/mol. The number of nitriles is 1. The fourth-order valence-corrected chi connectivity index (χ4v) is 3.16. The minimum Gasteiger partial charge on any atom is -0.362 e. The van der Waals surface area contributed by atoms with E-state index in [9.17, 15) is 0 Å². The lowest BCUT2D eigenvalue weighted by molar-refractivity contribution is 0.0747. The monoisotopic (exact) mass is 392 g/mol. The summed E-state index contributed by atoms with van der Waals surface area (Å²) in [6.45, 7) is 0.395. The highest BCUT2D eigenvalue weighted by atomic mass is 16.5. The highest BCUT2D eigenvalue weighted by molar-refractivity contribution is 5.73. The van der Waals surface area contributed by atoms with Crippen molar-refractivity contribution in [3.05, 3.63) is 120 Å². The van der Waals surface area contributed by atoms with E-state index in [1.807, 2.05) is 72.8 Å². The van der Waals surface area contributed by atoms with Crippen molar-refractivity contribution in [3.63, 3.8) is 0 Å². The summed E-state index contributed by atoms with van der Waals surface area (Å²) < 4.78 is 8.15. The van der Waals surface area contributed by atoms with Crippen LogP contribution in [0.1, 0.15) is 28.4 Å². The van der Waals surface area contributed by atoms with Crippen LogP contribution in [0.2, 0.25) is 0 Å². The molecule has 0 bridgehead atoms. The first-order valence-corrected chi connectivity index (χ1v) is 9.61. The van der Waals surface area contributed by atoms with Crippen molar-refractivity contribution in [2.75, 3.05) is 0 Å². The second-order valence-corrected chi connectivity index (χ2v) is 6.73. The molecule has 5 nitrogen and oxygen atoms in total. The number of aromatic nitrogens is 3. The van der Waals surface area contributed by atoms with E-state index in [1.165, 1.54) is 6.33 Å².